The number of rotatable bonds is 7. The Balaban J connectivity index is 1.69. The van der Waals surface area contributed by atoms with Crippen molar-refractivity contribution in [3.05, 3.63) is 53.1 Å². The predicted octanol–water partition coefficient (Wildman–Crippen LogP) is 3.19. The maximum Gasteiger partial charge on any atom is 0.250 e. The number of carbonyl (C=O) groups is 1. The molecule has 27 heavy (non-hydrogen) atoms. The first-order valence-electron chi connectivity index (χ1n) is 8.74. The molecule has 0 saturated carbocycles. The minimum absolute atomic E-state index is 0.169. The first kappa shape index (κ1) is 18.6. The van der Waals surface area contributed by atoms with Crippen molar-refractivity contribution < 1.29 is 23.7 Å². The van der Waals surface area contributed by atoms with Crippen LogP contribution in [0.1, 0.15) is 18.1 Å². The molecule has 0 aromatic heterocycles. The standard InChI is InChI=1S/C21H23NO5/c1-4-26-20-9-14(5-7-19(20)25-3)12-22-21(23)16-10-15-11-17(24-2)6-8-18(15)27-13-16/h5-11H,4,12-13H2,1-3H3,(H,22,23). The topological polar surface area (TPSA) is 66.0 Å². The van der Waals surface area contributed by atoms with Gasteiger partial charge in [-0.2, -0.15) is 0 Å². The third-order valence-corrected chi connectivity index (χ3v) is 4.20. The van der Waals surface area contributed by atoms with Crippen LogP contribution < -0.4 is 24.3 Å². The number of hydrogen-bond donors (Lipinski definition) is 1. The Morgan fingerprint density at radius 1 is 1.11 bits per heavy atom. The normalized spacial score (nSPS) is 12.3. The van der Waals surface area contributed by atoms with E-state index in [0.717, 1.165) is 22.6 Å². The number of fused-ring (bicyclic) bond motifs is 1. The summed E-state index contributed by atoms with van der Waals surface area (Å²) in [5, 5.41) is 2.92. The summed E-state index contributed by atoms with van der Waals surface area (Å²) < 4.78 is 21.7. The summed E-state index contributed by atoms with van der Waals surface area (Å²) in [6.45, 7) is 3.07. The van der Waals surface area contributed by atoms with E-state index in [1.165, 1.54) is 0 Å². The molecule has 0 aliphatic carbocycles. The largest absolute Gasteiger partial charge is 0.497 e. The van der Waals surface area contributed by atoms with Crippen molar-refractivity contribution in [1.82, 2.24) is 5.32 Å². The summed E-state index contributed by atoms with van der Waals surface area (Å²) in [7, 11) is 3.20. The van der Waals surface area contributed by atoms with Crippen LogP contribution in [0, 0.1) is 0 Å². The van der Waals surface area contributed by atoms with Crippen LogP contribution in [0.3, 0.4) is 0 Å². The van der Waals surface area contributed by atoms with Gasteiger partial charge in [0.05, 0.1) is 26.4 Å². The van der Waals surface area contributed by atoms with Gasteiger partial charge in [-0.3, -0.25) is 4.79 Å². The quantitative estimate of drug-likeness (QED) is 0.812. The molecule has 6 nitrogen and oxygen atoms in total. The van der Waals surface area contributed by atoms with Crippen LogP contribution in [-0.2, 0) is 11.3 Å². The molecule has 1 aliphatic rings. The highest BCUT2D eigenvalue weighted by Crippen LogP contribution is 2.30. The summed E-state index contributed by atoms with van der Waals surface area (Å²) in [6.07, 6.45) is 1.83. The molecule has 1 amide bonds. The van der Waals surface area contributed by atoms with Gasteiger partial charge in [0.25, 0.3) is 5.91 Å². The lowest BCUT2D eigenvalue weighted by molar-refractivity contribution is -0.117. The number of methoxy groups -OCH3 is 2. The molecule has 0 atom stereocenters. The van der Waals surface area contributed by atoms with Gasteiger partial charge in [-0.25, -0.2) is 0 Å². The average molecular weight is 369 g/mol. The highest BCUT2D eigenvalue weighted by molar-refractivity contribution is 5.99. The first-order valence-corrected chi connectivity index (χ1v) is 8.74. The van der Waals surface area contributed by atoms with Crippen molar-refractivity contribution in [2.24, 2.45) is 0 Å². The van der Waals surface area contributed by atoms with E-state index in [9.17, 15) is 4.79 Å². The van der Waals surface area contributed by atoms with Gasteiger partial charge in [0.15, 0.2) is 11.5 Å². The Morgan fingerprint density at radius 3 is 2.70 bits per heavy atom. The molecule has 0 bridgehead atoms. The van der Waals surface area contributed by atoms with Crippen molar-refractivity contribution >= 4 is 12.0 Å². The fraction of sp³-hybridized carbons (Fsp3) is 0.286. The zero-order valence-corrected chi connectivity index (χ0v) is 15.7. The molecule has 2 aromatic carbocycles. The molecule has 2 aromatic rings. The van der Waals surface area contributed by atoms with Crippen LogP contribution in [-0.4, -0.2) is 33.3 Å². The smallest absolute Gasteiger partial charge is 0.250 e. The minimum atomic E-state index is -0.169. The fourth-order valence-electron chi connectivity index (χ4n) is 2.81. The van der Waals surface area contributed by atoms with E-state index in [0.29, 0.717) is 30.2 Å². The monoisotopic (exact) mass is 369 g/mol. The molecule has 0 radical (unpaired) electrons. The summed E-state index contributed by atoms with van der Waals surface area (Å²) in [5.41, 5.74) is 2.31. The van der Waals surface area contributed by atoms with Gasteiger partial charge >= 0.3 is 0 Å². The highest BCUT2D eigenvalue weighted by atomic mass is 16.5. The second kappa shape index (κ2) is 8.49. The van der Waals surface area contributed by atoms with E-state index in [4.69, 9.17) is 18.9 Å². The van der Waals surface area contributed by atoms with Crippen LogP contribution in [0.2, 0.25) is 0 Å². The summed E-state index contributed by atoms with van der Waals surface area (Å²) in [4.78, 5) is 12.5. The average Bonchev–Trinajstić information content (AvgIpc) is 2.71. The Labute approximate surface area is 158 Å². The molecule has 1 aliphatic heterocycles. The van der Waals surface area contributed by atoms with Gasteiger partial charge < -0.3 is 24.3 Å². The van der Waals surface area contributed by atoms with E-state index in [-0.39, 0.29) is 12.5 Å². The number of carbonyl (C=O) groups excluding carboxylic acids is 1. The Morgan fingerprint density at radius 2 is 1.96 bits per heavy atom. The van der Waals surface area contributed by atoms with Gasteiger partial charge in [-0.15, -0.1) is 0 Å². The van der Waals surface area contributed by atoms with Crippen molar-refractivity contribution in [3.8, 4) is 23.0 Å². The van der Waals surface area contributed by atoms with Crippen molar-refractivity contribution in [2.45, 2.75) is 13.5 Å². The molecule has 0 fully saturated rings. The lowest BCUT2D eigenvalue weighted by atomic mass is 10.1. The predicted molar refractivity (Wildman–Crippen MR) is 102 cm³/mol. The molecule has 142 valence electrons. The van der Waals surface area contributed by atoms with E-state index in [2.05, 4.69) is 5.32 Å². The van der Waals surface area contributed by atoms with Crippen LogP contribution >= 0.6 is 0 Å². The van der Waals surface area contributed by atoms with Crippen LogP contribution in [0.4, 0.5) is 0 Å². The third kappa shape index (κ3) is 4.34. The Bertz CT molecular complexity index is 860. The van der Waals surface area contributed by atoms with Crippen LogP contribution in [0.5, 0.6) is 23.0 Å². The molecule has 1 N–H and O–H groups in total. The van der Waals surface area contributed by atoms with E-state index in [1.807, 2.05) is 49.4 Å². The van der Waals surface area contributed by atoms with Crippen molar-refractivity contribution in [2.75, 3.05) is 27.4 Å². The zero-order valence-electron chi connectivity index (χ0n) is 15.7. The first-order chi connectivity index (χ1) is 13.1. The highest BCUT2D eigenvalue weighted by Gasteiger charge is 2.18. The maximum atomic E-state index is 12.5. The number of amides is 1. The summed E-state index contributed by atoms with van der Waals surface area (Å²) >= 11 is 0. The summed E-state index contributed by atoms with van der Waals surface area (Å²) in [6, 6.07) is 11.1. The number of hydrogen-bond acceptors (Lipinski definition) is 5. The van der Waals surface area contributed by atoms with Crippen LogP contribution in [0.25, 0.3) is 6.08 Å². The molecular weight excluding hydrogens is 346 g/mol. The van der Waals surface area contributed by atoms with E-state index in [1.54, 1.807) is 14.2 Å². The SMILES string of the molecule is CCOc1cc(CNC(=O)C2=Cc3cc(OC)ccc3OC2)ccc1OC. The van der Waals surface area contributed by atoms with Crippen LogP contribution in [0.15, 0.2) is 42.0 Å². The minimum Gasteiger partial charge on any atom is -0.497 e. The zero-order chi connectivity index (χ0) is 19.2. The van der Waals surface area contributed by atoms with Gasteiger partial charge in [0.2, 0.25) is 0 Å². The molecule has 0 spiro atoms. The van der Waals surface area contributed by atoms with Crippen molar-refractivity contribution in [3.63, 3.8) is 0 Å². The van der Waals surface area contributed by atoms with Crippen molar-refractivity contribution in [1.29, 1.82) is 0 Å². The van der Waals surface area contributed by atoms with E-state index < -0.39 is 0 Å². The lowest BCUT2D eigenvalue weighted by Crippen LogP contribution is -2.28. The Kier molecular flexibility index (Phi) is 5.86. The number of benzene rings is 2. The molecule has 0 saturated heterocycles. The van der Waals surface area contributed by atoms with Gasteiger partial charge in [-0.05, 0) is 48.9 Å². The second-order valence-corrected chi connectivity index (χ2v) is 5.96. The number of nitrogens with one attached hydrogen (secondary N) is 1. The Hall–Kier alpha value is -3.15. The number of ether oxygens (including phenoxy) is 4. The molecule has 0 unspecified atom stereocenters. The molecule has 3 rings (SSSR count). The van der Waals surface area contributed by atoms with Gasteiger partial charge in [0.1, 0.15) is 18.1 Å². The van der Waals surface area contributed by atoms with E-state index >= 15 is 0 Å². The second-order valence-electron chi connectivity index (χ2n) is 5.96. The third-order valence-electron chi connectivity index (χ3n) is 4.20. The van der Waals surface area contributed by atoms with Gasteiger partial charge in [0, 0.05) is 12.1 Å². The van der Waals surface area contributed by atoms with Gasteiger partial charge in [-0.1, -0.05) is 6.07 Å². The lowest BCUT2D eigenvalue weighted by Gasteiger charge is -2.18. The molecule has 6 heteroatoms. The molecule has 1 heterocycles. The molecular formula is C21H23NO5. The maximum absolute atomic E-state index is 12.5. The fourth-order valence-corrected chi connectivity index (χ4v) is 2.81. The summed E-state index contributed by atoms with van der Waals surface area (Å²) in [5.74, 6) is 2.62.